The third kappa shape index (κ3) is 5.62. The average molecular weight is 484 g/mol. The highest BCUT2D eigenvalue weighted by Gasteiger charge is 2.37. The van der Waals surface area contributed by atoms with E-state index in [-0.39, 0.29) is 5.76 Å². The Kier molecular flexibility index (Phi) is 7.90. The van der Waals surface area contributed by atoms with Crippen LogP contribution in [0, 0.1) is 11.6 Å². The van der Waals surface area contributed by atoms with Gasteiger partial charge in [-0.2, -0.15) is 0 Å². The molecule has 0 spiro atoms. The molecule has 7 heteroatoms. The van der Waals surface area contributed by atoms with Crippen molar-refractivity contribution < 1.29 is 23.0 Å². The van der Waals surface area contributed by atoms with Crippen LogP contribution in [0.4, 0.5) is 8.78 Å². The molecular weight excluding hydrogens is 456 g/mol. The van der Waals surface area contributed by atoms with Crippen molar-refractivity contribution in [2.45, 2.75) is 25.1 Å². The Morgan fingerprint density at radius 1 is 0.912 bits per heavy atom. The number of hydrogen-bond donors (Lipinski definition) is 1. The van der Waals surface area contributed by atoms with Gasteiger partial charge in [0.05, 0.1) is 6.54 Å². The normalized spacial score (nSPS) is 11.9. The molecule has 0 unspecified atom stereocenters. The minimum Gasteiger partial charge on any atom is -0.461 e. The van der Waals surface area contributed by atoms with Gasteiger partial charge in [-0.1, -0.05) is 30.3 Å². The van der Waals surface area contributed by atoms with Crippen LogP contribution in [-0.2, 0) is 23.4 Å². The van der Waals surface area contributed by atoms with E-state index in [0.717, 1.165) is 19.5 Å². The second kappa shape index (κ2) is 11.1. The molecule has 0 radical (unpaired) electrons. The van der Waals surface area contributed by atoms with Crippen molar-refractivity contribution in [3.05, 3.63) is 117 Å². The number of thiophene rings is 1. The van der Waals surface area contributed by atoms with E-state index >= 15 is 0 Å². The minimum atomic E-state index is -1.70. The summed E-state index contributed by atoms with van der Waals surface area (Å²) >= 11 is 1.70. The Labute approximate surface area is 202 Å². The topological polar surface area (TPSA) is 45.8 Å². The van der Waals surface area contributed by atoms with Crippen molar-refractivity contribution >= 4 is 11.3 Å². The maximum absolute atomic E-state index is 13.6. The molecule has 0 fully saturated rings. The van der Waals surface area contributed by atoms with Gasteiger partial charge in [-0.05, 0) is 65.4 Å². The fraction of sp³-hybridized carbons (Fsp3) is 0.259. The van der Waals surface area contributed by atoms with E-state index in [1.165, 1.54) is 53.4 Å². The number of ether oxygens (including phenoxy) is 1. The number of hydrogen-bond acceptors (Lipinski definition) is 5. The zero-order valence-corrected chi connectivity index (χ0v) is 19.7. The summed E-state index contributed by atoms with van der Waals surface area (Å²) in [6.07, 6.45) is 0.880. The number of benzene rings is 2. The van der Waals surface area contributed by atoms with Crippen LogP contribution < -0.4 is 0 Å². The lowest BCUT2D eigenvalue weighted by atomic mass is 9.84. The SMILES string of the molecule is COCCCN(Cc1ccc(C(O)(c2ccc(F)cc2)c2ccc(F)cc2)o1)Cc1cccs1. The number of halogens is 2. The molecule has 1 N–H and O–H groups in total. The molecule has 0 aliphatic carbocycles. The first-order chi connectivity index (χ1) is 16.5. The molecule has 0 bridgehead atoms. The first-order valence-corrected chi connectivity index (χ1v) is 11.9. The van der Waals surface area contributed by atoms with E-state index in [0.29, 0.717) is 30.0 Å². The van der Waals surface area contributed by atoms with Gasteiger partial charge in [0.15, 0.2) is 5.60 Å². The summed E-state index contributed by atoms with van der Waals surface area (Å²) in [5, 5.41) is 13.9. The summed E-state index contributed by atoms with van der Waals surface area (Å²) in [7, 11) is 1.69. The number of aliphatic hydroxyl groups is 1. The van der Waals surface area contributed by atoms with E-state index in [1.807, 2.05) is 12.1 Å². The number of furan rings is 1. The van der Waals surface area contributed by atoms with Crippen LogP contribution in [0.5, 0.6) is 0 Å². The third-order valence-electron chi connectivity index (χ3n) is 5.70. The molecule has 178 valence electrons. The van der Waals surface area contributed by atoms with Crippen molar-refractivity contribution in [3.8, 4) is 0 Å². The van der Waals surface area contributed by atoms with Crippen LogP contribution >= 0.6 is 11.3 Å². The second-order valence-electron chi connectivity index (χ2n) is 8.13. The van der Waals surface area contributed by atoms with E-state index in [9.17, 15) is 13.9 Å². The van der Waals surface area contributed by atoms with E-state index in [1.54, 1.807) is 24.5 Å². The zero-order chi connectivity index (χ0) is 24.0. The predicted octanol–water partition coefficient (Wildman–Crippen LogP) is 5.94. The van der Waals surface area contributed by atoms with Crippen LogP contribution in [0.1, 0.15) is 33.9 Å². The van der Waals surface area contributed by atoms with Crippen LogP contribution in [0.25, 0.3) is 0 Å². The summed E-state index contributed by atoms with van der Waals surface area (Å²) in [6.45, 7) is 2.81. The summed E-state index contributed by atoms with van der Waals surface area (Å²) in [6, 6.07) is 18.9. The van der Waals surface area contributed by atoms with E-state index in [2.05, 4.69) is 16.3 Å². The Balaban J connectivity index is 1.63. The largest absolute Gasteiger partial charge is 0.461 e. The van der Waals surface area contributed by atoms with Crippen LogP contribution in [-0.4, -0.2) is 30.3 Å². The quantitative estimate of drug-likeness (QED) is 0.268. The van der Waals surface area contributed by atoms with Crippen molar-refractivity contribution in [3.63, 3.8) is 0 Å². The fourth-order valence-electron chi connectivity index (χ4n) is 3.98. The first-order valence-electron chi connectivity index (χ1n) is 11.1. The molecule has 0 saturated carbocycles. The second-order valence-corrected chi connectivity index (χ2v) is 9.16. The van der Waals surface area contributed by atoms with Crippen LogP contribution in [0.3, 0.4) is 0 Å². The standard InChI is InChI=1S/C27H27F2NO3S/c1-32-16-3-15-30(19-25-4-2-17-34-25)18-24-13-14-26(33-24)27(31,20-5-9-22(28)10-6-20)21-7-11-23(29)12-8-21/h2,4-14,17,31H,3,15-16,18-19H2,1H3. The molecular formula is C27H27F2NO3S. The molecule has 0 atom stereocenters. The maximum atomic E-state index is 13.6. The van der Waals surface area contributed by atoms with Crippen molar-refractivity contribution in [2.75, 3.05) is 20.3 Å². The number of nitrogens with zero attached hydrogens (tertiary/aromatic N) is 1. The van der Waals surface area contributed by atoms with Gasteiger partial charge in [-0.15, -0.1) is 11.3 Å². The van der Waals surface area contributed by atoms with Gasteiger partial charge in [0.25, 0.3) is 0 Å². The lowest BCUT2D eigenvalue weighted by Gasteiger charge is -2.27. The Hall–Kier alpha value is -2.84. The van der Waals surface area contributed by atoms with Crippen LogP contribution in [0.2, 0.25) is 0 Å². The lowest BCUT2D eigenvalue weighted by Crippen LogP contribution is -2.28. The highest BCUT2D eigenvalue weighted by Crippen LogP contribution is 2.38. The molecule has 2 aromatic carbocycles. The molecule has 0 saturated heterocycles. The summed E-state index contributed by atoms with van der Waals surface area (Å²) in [5.74, 6) is 0.150. The fourth-order valence-corrected chi connectivity index (χ4v) is 4.73. The Morgan fingerprint density at radius 2 is 1.56 bits per heavy atom. The van der Waals surface area contributed by atoms with Crippen LogP contribution in [0.15, 0.2) is 82.6 Å². The smallest absolute Gasteiger partial charge is 0.173 e. The van der Waals surface area contributed by atoms with Gasteiger partial charge in [-0.3, -0.25) is 4.90 Å². The molecule has 2 aromatic heterocycles. The minimum absolute atomic E-state index is 0.286. The van der Waals surface area contributed by atoms with Crippen molar-refractivity contribution in [1.82, 2.24) is 4.90 Å². The molecule has 4 rings (SSSR count). The Bertz CT molecular complexity index is 1110. The summed E-state index contributed by atoms with van der Waals surface area (Å²) in [4.78, 5) is 3.51. The number of methoxy groups -OCH3 is 1. The lowest BCUT2D eigenvalue weighted by molar-refractivity contribution is 0.0946. The summed E-state index contributed by atoms with van der Waals surface area (Å²) < 4.78 is 38.6. The van der Waals surface area contributed by atoms with Gasteiger partial charge in [-0.25, -0.2) is 8.78 Å². The van der Waals surface area contributed by atoms with E-state index < -0.39 is 17.2 Å². The van der Waals surface area contributed by atoms with E-state index in [4.69, 9.17) is 9.15 Å². The first kappa shape index (κ1) is 24.3. The van der Waals surface area contributed by atoms with Gasteiger partial charge in [0, 0.05) is 31.7 Å². The molecule has 4 aromatic rings. The monoisotopic (exact) mass is 483 g/mol. The molecule has 0 aliphatic heterocycles. The highest BCUT2D eigenvalue weighted by atomic mass is 32.1. The molecule has 0 amide bonds. The van der Waals surface area contributed by atoms with Crippen molar-refractivity contribution in [1.29, 1.82) is 0 Å². The van der Waals surface area contributed by atoms with Gasteiger partial charge < -0.3 is 14.3 Å². The zero-order valence-electron chi connectivity index (χ0n) is 18.9. The molecule has 0 aliphatic rings. The average Bonchev–Trinajstić information content (AvgIpc) is 3.52. The third-order valence-corrected chi connectivity index (χ3v) is 6.57. The van der Waals surface area contributed by atoms with Gasteiger partial charge >= 0.3 is 0 Å². The Morgan fingerprint density at radius 3 is 2.12 bits per heavy atom. The predicted molar refractivity (Wildman–Crippen MR) is 129 cm³/mol. The van der Waals surface area contributed by atoms with Crippen molar-refractivity contribution in [2.24, 2.45) is 0 Å². The maximum Gasteiger partial charge on any atom is 0.173 e. The summed E-state index contributed by atoms with van der Waals surface area (Å²) in [5.41, 5.74) is -0.845. The number of rotatable bonds is 11. The highest BCUT2D eigenvalue weighted by molar-refractivity contribution is 7.09. The van der Waals surface area contributed by atoms with Gasteiger partial charge in [0.2, 0.25) is 0 Å². The van der Waals surface area contributed by atoms with Gasteiger partial charge in [0.1, 0.15) is 23.2 Å². The molecule has 4 nitrogen and oxygen atoms in total. The molecule has 34 heavy (non-hydrogen) atoms. The molecule has 2 heterocycles.